The Balaban J connectivity index is 1.78. The molecule has 0 spiro atoms. The number of benzene rings is 1. The molecule has 1 heterocycles. The van der Waals surface area contributed by atoms with E-state index in [9.17, 15) is 18.0 Å². The smallest absolute Gasteiger partial charge is 0.351 e. The summed E-state index contributed by atoms with van der Waals surface area (Å²) in [5, 5.41) is 5.53. The van der Waals surface area contributed by atoms with E-state index in [-0.39, 0.29) is 11.4 Å². The van der Waals surface area contributed by atoms with E-state index in [2.05, 4.69) is 20.6 Å². The third-order valence-electron chi connectivity index (χ3n) is 3.45. The topological polar surface area (TPSA) is 66.9 Å². The Labute approximate surface area is 136 Å². The first kappa shape index (κ1) is 16.2. The third kappa shape index (κ3) is 4.01. The Morgan fingerprint density at radius 2 is 1.96 bits per heavy atom. The van der Waals surface area contributed by atoms with Gasteiger partial charge < -0.3 is 10.6 Å². The second-order valence-corrected chi connectivity index (χ2v) is 5.67. The second kappa shape index (κ2) is 6.10. The van der Waals surface area contributed by atoms with E-state index in [0.29, 0.717) is 17.7 Å². The van der Waals surface area contributed by atoms with Gasteiger partial charge in [0.1, 0.15) is 5.69 Å². The molecule has 3 rings (SSSR count). The largest absolute Gasteiger partial charge is 0.416 e. The summed E-state index contributed by atoms with van der Waals surface area (Å²) in [5.74, 6) is -0.231. The highest BCUT2D eigenvalue weighted by molar-refractivity contribution is 6.03. The van der Waals surface area contributed by atoms with Crippen molar-refractivity contribution in [3.05, 3.63) is 47.3 Å². The maximum atomic E-state index is 12.7. The van der Waals surface area contributed by atoms with E-state index in [1.54, 1.807) is 6.92 Å². The van der Waals surface area contributed by atoms with Gasteiger partial charge in [0.05, 0.1) is 5.56 Å². The zero-order valence-corrected chi connectivity index (χ0v) is 12.8. The molecular weight excluding hydrogens is 321 g/mol. The number of aromatic nitrogens is 2. The number of halogens is 3. The van der Waals surface area contributed by atoms with Gasteiger partial charge in [0.2, 0.25) is 5.95 Å². The Morgan fingerprint density at radius 3 is 2.62 bits per heavy atom. The summed E-state index contributed by atoms with van der Waals surface area (Å²) >= 11 is 0. The lowest BCUT2D eigenvalue weighted by Crippen LogP contribution is -2.17. The monoisotopic (exact) mass is 336 g/mol. The number of carbonyl (C=O) groups is 1. The highest BCUT2D eigenvalue weighted by Gasteiger charge is 2.30. The van der Waals surface area contributed by atoms with Gasteiger partial charge in [0.15, 0.2) is 0 Å². The van der Waals surface area contributed by atoms with Gasteiger partial charge in [-0.2, -0.15) is 13.2 Å². The fourth-order valence-corrected chi connectivity index (χ4v) is 2.13. The average molecular weight is 336 g/mol. The highest BCUT2D eigenvalue weighted by Crippen LogP contribution is 2.30. The maximum absolute atomic E-state index is 12.7. The van der Waals surface area contributed by atoms with Crippen LogP contribution in [-0.2, 0) is 6.18 Å². The molecule has 1 fully saturated rings. The fourth-order valence-electron chi connectivity index (χ4n) is 2.13. The predicted octanol–water partition coefficient (Wildman–Crippen LogP) is 3.63. The van der Waals surface area contributed by atoms with Gasteiger partial charge in [-0.25, -0.2) is 9.97 Å². The molecule has 1 aliphatic carbocycles. The zero-order valence-electron chi connectivity index (χ0n) is 12.8. The lowest BCUT2D eigenvalue weighted by Gasteiger charge is -2.10. The summed E-state index contributed by atoms with van der Waals surface area (Å²) < 4.78 is 38.2. The first-order valence-electron chi connectivity index (χ1n) is 7.42. The molecule has 24 heavy (non-hydrogen) atoms. The van der Waals surface area contributed by atoms with Gasteiger partial charge in [-0.3, -0.25) is 4.79 Å². The van der Waals surface area contributed by atoms with E-state index in [1.807, 2.05) is 0 Å². The van der Waals surface area contributed by atoms with Crippen molar-refractivity contribution in [2.24, 2.45) is 0 Å². The number of aryl methyl sites for hydroxylation is 1. The van der Waals surface area contributed by atoms with Crippen LogP contribution >= 0.6 is 0 Å². The molecule has 0 unspecified atom stereocenters. The van der Waals surface area contributed by atoms with Crippen LogP contribution in [0.2, 0.25) is 0 Å². The summed E-state index contributed by atoms with van der Waals surface area (Å²) in [7, 11) is 0. The minimum absolute atomic E-state index is 0.0581. The number of hydrogen-bond donors (Lipinski definition) is 2. The number of hydrogen-bond acceptors (Lipinski definition) is 4. The van der Waals surface area contributed by atoms with Crippen LogP contribution in [0.1, 0.15) is 34.6 Å². The molecule has 2 N–H and O–H groups in total. The standard InChI is InChI=1S/C16H15F3N4O/c1-9-7-13(23-15(20-9)22-11-5-6-11)14(24)21-12-4-2-3-10(8-12)16(17,18)19/h2-4,7-8,11H,5-6H2,1H3,(H,21,24)(H,20,22,23). The number of rotatable bonds is 4. The Hall–Kier alpha value is -2.64. The summed E-state index contributed by atoms with van der Waals surface area (Å²) in [4.78, 5) is 20.6. The van der Waals surface area contributed by atoms with Crippen LogP contribution in [0.3, 0.4) is 0 Å². The van der Waals surface area contributed by atoms with E-state index in [1.165, 1.54) is 18.2 Å². The average Bonchev–Trinajstić information content (AvgIpc) is 3.30. The van der Waals surface area contributed by atoms with E-state index in [0.717, 1.165) is 25.0 Å². The molecule has 0 bridgehead atoms. The van der Waals surface area contributed by atoms with Crippen LogP contribution in [0, 0.1) is 6.92 Å². The van der Waals surface area contributed by atoms with Crippen LogP contribution in [0.5, 0.6) is 0 Å². The van der Waals surface area contributed by atoms with Gasteiger partial charge >= 0.3 is 6.18 Å². The van der Waals surface area contributed by atoms with Crippen molar-refractivity contribution < 1.29 is 18.0 Å². The fraction of sp³-hybridized carbons (Fsp3) is 0.312. The van der Waals surface area contributed by atoms with Crippen LogP contribution in [0.25, 0.3) is 0 Å². The van der Waals surface area contributed by atoms with Crippen molar-refractivity contribution in [1.29, 1.82) is 0 Å². The molecule has 0 aliphatic heterocycles. The second-order valence-electron chi connectivity index (χ2n) is 5.67. The normalized spacial score (nSPS) is 14.3. The van der Waals surface area contributed by atoms with Crippen molar-refractivity contribution in [2.45, 2.75) is 32.0 Å². The Bertz CT molecular complexity index is 772. The van der Waals surface area contributed by atoms with Crippen molar-refractivity contribution in [3.63, 3.8) is 0 Å². The lowest BCUT2D eigenvalue weighted by molar-refractivity contribution is -0.137. The molecule has 0 atom stereocenters. The predicted molar refractivity (Wildman–Crippen MR) is 82.8 cm³/mol. The first-order valence-corrected chi connectivity index (χ1v) is 7.42. The third-order valence-corrected chi connectivity index (χ3v) is 3.45. The minimum Gasteiger partial charge on any atom is -0.351 e. The molecular formula is C16H15F3N4O. The molecule has 126 valence electrons. The lowest BCUT2D eigenvalue weighted by atomic mass is 10.2. The van der Waals surface area contributed by atoms with Crippen LogP contribution in [0.4, 0.5) is 24.8 Å². The van der Waals surface area contributed by atoms with Crippen LogP contribution in [-0.4, -0.2) is 21.9 Å². The number of amides is 1. The summed E-state index contributed by atoms with van der Waals surface area (Å²) in [6, 6.07) is 6.28. The Morgan fingerprint density at radius 1 is 1.21 bits per heavy atom. The molecule has 1 aromatic heterocycles. The number of nitrogens with one attached hydrogen (secondary N) is 2. The molecule has 0 radical (unpaired) electrons. The Kier molecular flexibility index (Phi) is 4.13. The molecule has 1 amide bonds. The minimum atomic E-state index is -4.46. The summed E-state index contributed by atoms with van der Waals surface area (Å²) in [6.07, 6.45) is -2.40. The van der Waals surface area contributed by atoms with Crippen molar-refractivity contribution in [3.8, 4) is 0 Å². The zero-order chi connectivity index (χ0) is 17.3. The van der Waals surface area contributed by atoms with Crippen molar-refractivity contribution in [2.75, 3.05) is 10.6 Å². The van der Waals surface area contributed by atoms with Crippen molar-refractivity contribution >= 4 is 17.5 Å². The first-order chi connectivity index (χ1) is 11.3. The number of nitrogens with zero attached hydrogens (tertiary/aromatic N) is 2. The SMILES string of the molecule is Cc1cc(C(=O)Nc2cccc(C(F)(F)F)c2)nc(NC2CC2)n1. The molecule has 8 heteroatoms. The van der Waals surface area contributed by atoms with Crippen molar-refractivity contribution in [1.82, 2.24) is 9.97 Å². The summed E-state index contributed by atoms with van der Waals surface area (Å²) in [5.41, 5.74) is -0.0662. The van der Waals surface area contributed by atoms with E-state index in [4.69, 9.17) is 0 Å². The highest BCUT2D eigenvalue weighted by atomic mass is 19.4. The number of alkyl halides is 3. The molecule has 1 saturated carbocycles. The van der Waals surface area contributed by atoms with Gasteiger partial charge in [-0.05, 0) is 44.0 Å². The molecule has 2 aromatic rings. The molecule has 0 saturated heterocycles. The quantitative estimate of drug-likeness (QED) is 0.895. The van der Waals surface area contributed by atoms with Crippen LogP contribution in [0.15, 0.2) is 30.3 Å². The summed E-state index contributed by atoms with van der Waals surface area (Å²) in [6.45, 7) is 1.72. The molecule has 1 aliphatic rings. The molecule has 1 aromatic carbocycles. The van der Waals surface area contributed by atoms with E-state index < -0.39 is 17.6 Å². The van der Waals surface area contributed by atoms with Gasteiger partial charge in [0, 0.05) is 17.4 Å². The van der Waals surface area contributed by atoms with E-state index >= 15 is 0 Å². The molecule has 5 nitrogen and oxygen atoms in total. The van der Waals surface area contributed by atoms with Crippen LogP contribution < -0.4 is 10.6 Å². The van der Waals surface area contributed by atoms with Gasteiger partial charge in [-0.1, -0.05) is 6.07 Å². The van der Waals surface area contributed by atoms with Gasteiger partial charge in [0.25, 0.3) is 5.91 Å². The number of anilines is 2. The number of carbonyl (C=O) groups excluding carboxylic acids is 1. The maximum Gasteiger partial charge on any atom is 0.416 e. The van der Waals surface area contributed by atoms with Gasteiger partial charge in [-0.15, -0.1) is 0 Å².